The Kier molecular flexibility index (Phi) is 8.51. The van der Waals surface area contributed by atoms with E-state index < -0.39 is 16.7 Å². The highest BCUT2D eigenvalue weighted by Gasteiger charge is 2.46. The Labute approximate surface area is 290 Å². The van der Waals surface area contributed by atoms with E-state index in [0.29, 0.717) is 11.8 Å². The molecule has 0 amide bonds. The smallest absolute Gasteiger partial charge is 0.218 e. The number of hydrogen-bond acceptors (Lipinski definition) is 7. The Hall–Kier alpha value is -5.17. The highest BCUT2D eigenvalue weighted by Crippen LogP contribution is 2.39. The van der Waals surface area contributed by atoms with E-state index >= 15 is 0 Å². The van der Waals surface area contributed by atoms with Crippen molar-refractivity contribution in [1.82, 2.24) is 9.97 Å². The normalized spacial score (nSPS) is 19.0. The molecule has 0 saturated heterocycles. The molecule has 4 heterocycles. The average molecular weight is 652 g/mol. The summed E-state index contributed by atoms with van der Waals surface area (Å²) in [6.07, 6.45) is 7.33. The fourth-order valence-corrected chi connectivity index (χ4v) is 5.59. The maximum Gasteiger partial charge on any atom is 0.218 e. The van der Waals surface area contributed by atoms with Crippen molar-refractivity contribution in [2.75, 3.05) is 0 Å². The van der Waals surface area contributed by atoms with Crippen molar-refractivity contribution in [3.63, 3.8) is 0 Å². The zero-order valence-corrected chi connectivity index (χ0v) is 30.0. The molecule has 2 aliphatic rings. The molecular weight excluding hydrogens is 606 g/mol. The van der Waals surface area contributed by atoms with Crippen LogP contribution in [0.3, 0.4) is 0 Å². The molecule has 2 aromatic carbocycles. The summed E-state index contributed by atoms with van der Waals surface area (Å²) in [5.41, 5.74) is 7.64. The molecule has 0 atom stereocenters. The molecule has 4 aromatic rings. The molecule has 6 rings (SSSR count). The van der Waals surface area contributed by atoms with Gasteiger partial charge in [-0.25, -0.2) is 15.0 Å². The number of aliphatic imine (C=N–C) groups is 3. The van der Waals surface area contributed by atoms with Crippen LogP contribution in [0.1, 0.15) is 73.6 Å². The number of ether oxygens (including phenoxy) is 2. The predicted octanol–water partition coefficient (Wildman–Crippen LogP) is 9.79. The first-order valence-corrected chi connectivity index (χ1v) is 16.7. The monoisotopic (exact) mass is 651 g/mol. The summed E-state index contributed by atoms with van der Waals surface area (Å²) in [5, 5.41) is 0. The van der Waals surface area contributed by atoms with Gasteiger partial charge in [0.2, 0.25) is 11.8 Å². The predicted molar refractivity (Wildman–Crippen MR) is 202 cm³/mol. The Morgan fingerprint density at radius 2 is 1.27 bits per heavy atom. The minimum atomic E-state index is -0.475. The molecule has 7 nitrogen and oxygen atoms in total. The summed E-state index contributed by atoms with van der Waals surface area (Å²) in [6, 6.07) is 25.3. The second-order valence-electron chi connectivity index (χ2n) is 14.8. The van der Waals surface area contributed by atoms with Gasteiger partial charge in [0.15, 0.2) is 0 Å². The summed E-state index contributed by atoms with van der Waals surface area (Å²) in [5.74, 6) is 1.12. The number of rotatable bonds is 8. The lowest BCUT2D eigenvalue weighted by Gasteiger charge is -2.30. The third kappa shape index (κ3) is 6.62. The number of aromatic nitrogens is 2. The average Bonchev–Trinajstić information content (AvgIpc) is 3.44. The van der Waals surface area contributed by atoms with Crippen LogP contribution in [0.4, 0.5) is 0 Å². The van der Waals surface area contributed by atoms with Gasteiger partial charge in [0.05, 0.1) is 33.6 Å². The van der Waals surface area contributed by atoms with Gasteiger partial charge >= 0.3 is 0 Å². The second kappa shape index (κ2) is 12.4. The van der Waals surface area contributed by atoms with Crippen LogP contribution in [-0.2, 0) is 9.47 Å². The Morgan fingerprint density at radius 1 is 0.673 bits per heavy atom. The molecular formula is C42H45N5O2. The lowest BCUT2D eigenvalue weighted by Crippen LogP contribution is -2.41. The molecule has 0 bridgehead atoms. The molecule has 49 heavy (non-hydrogen) atoms. The van der Waals surface area contributed by atoms with Gasteiger partial charge in [-0.05, 0) is 121 Å². The van der Waals surface area contributed by atoms with E-state index in [1.54, 1.807) is 12.4 Å². The van der Waals surface area contributed by atoms with Crippen molar-refractivity contribution in [3.8, 4) is 33.5 Å². The van der Waals surface area contributed by atoms with E-state index in [-0.39, 0.29) is 5.54 Å². The van der Waals surface area contributed by atoms with Crippen LogP contribution in [0.15, 0.2) is 118 Å². The Morgan fingerprint density at radius 3 is 1.86 bits per heavy atom. The number of pyridine rings is 2. The topological polar surface area (TPSA) is 81.3 Å². The minimum absolute atomic E-state index is 0.374. The zero-order valence-electron chi connectivity index (χ0n) is 30.0. The lowest BCUT2D eigenvalue weighted by atomic mass is 9.87. The third-order valence-electron chi connectivity index (χ3n) is 10.1. The van der Waals surface area contributed by atoms with Crippen LogP contribution in [0.2, 0.25) is 0 Å². The Balaban J connectivity index is 1.45. The van der Waals surface area contributed by atoms with Gasteiger partial charge in [0.25, 0.3) is 0 Å². The molecule has 0 spiro atoms. The number of benzene rings is 2. The second-order valence-corrected chi connectivity index (χ2v) is 14.8. The van der Waals surface area contributed by atoms with Crippen LogP contribution in [0.25, 0.3) is 39.1 Å². The van der Waals surface area contributed by atoms with Crippen molar-refractivity contribution in [3.05, 3.63) is 114 Å². The van der Waals surface area contributed by atoms with Crippen molar-refractivity contribution in [2.45, 2.75) is 84.6 Å². The lowest BCUT2D eigenvalue weighted by molar-refractivity contribution is 0.0617. The molecule has 0 N–H and O–H groups in total. The molecule has 2 aliphatic heterocycles. The van der Waals surface area contributed by atoms with Crippen molar-refractivity contribution in [1.29, 1.82) is 0 Å². The quantitative estimate of drug-likeness (QED) is 0.140. The summed E-state index contributed by atoms with van der Waals surface area (Å²) in [6.45, 7) is 22.3. The van der Waals surface area contributed by atoms with E-state index in [4.69, 9.17) is 24.4 Å². The molecule has 2 aromatic heterocycles. The van der Waals surface area contributed by atoms with E-state index in [1.807, 2.05) is 39.1 Å². The van der Waals surface area contributed by atoms with Crippen molar-refractivity contribution in [2.24, 2.45) is 15.0 Å². The zero-order chi connectivity index (χ0) is 35.2. The minimum Gasteiger partial charge on any atom is -0.469 e. The first-order valence-electron chi connectivity index (χ1n) is 16.7. The van der Waals surface area contributed by atoms with E-state index in [1.165, 1.54) is 5.56 Å². The standard InChI is InChI=1S/C42H45N5O2/c1-27(20-33(24-43-10)37-46-39(2,3)41(6,7)48-37)35-22-31(30-18-16-29(17-19-30)28-14-12-11-13-15-28)23-36(45-35)32-21-34(26-44-25-32)38-47-40(4,5)42(8,9)49-38/h11-26H,10H2,1-9H3/b27-20+,33-24+. The van der Waals surface area contributed by atoms with Crippen LogP contribution >= 0.6 is 0 Å². The van der Waals surface area contributed by atoms with E-state index in [0.717, 1.165) is 50.4 Å². The van der Waals surface area contributed by atoms with Crippen molar-refractivity contribution >= 4 is 24.1 Å². The molecule has 0 fully saturated rings. The number of nitrogens with zero attached hydrogens (tertiary/aromatic N) is 5. The highest BCUT2D eigenvalue weighted by atomic mass is 16.5. The van der Waals surface area contributed by atoms with Gasteiger partial charge in [-0.1, -0.05) is 54.6 Å². The van der Waals surface area contributed by atoms with Crippen LogP contribution in [0, 0.1) is 0 Å². The van der Waals surface area contributed by atoms with Crippen LogP contribution in [-0.4, -0.2) is 50.8 Å². The Bertz CT molecular complexity index is 2030. The van der Waals surface area contributed by atoms with Gasteiger partial charge < -0.3 is 9.47 Å². The maximum atomic E-state index is 6.34. The highest BCUT2D eigenvalue weighted by molar-refractivity contribution is 6.00. The molecule has 0 saturated carbocycles. The van der Waals surface area contributed by atoms with Gasteiger partial charge in [-0.15, -0.1) is 0 Å². The van der Waals surface area contributed by atoms with Gasteiger partial charge in [-0.2, -0.15) is 0 Å². The fourth-order valence-electron chi connectivity index (χ4n) is 5.59. The maximum absolute atomic E-state index is 6.34. The molecule has 0 radical (unpaired) electrons. The van der Waals surface area contributed by atoms with E-state index in [2.05, 4.69) is 125 Å². The van der Waals surface area contributed by atoms with E-state index in [9.17, 15) is 0 Å². The molecule has 0 aliphatic carbocycles. The fraction of sp³-hybridized carbons (Fsp3) is 0.310. The summed E-state index contributed by atoms with van der Waals surface area (Å²) >= 11 is 0. The van der Waals surface area contributed by atoms with Gasteiger partial charge in [0.1, 0.15) is 11.2 Å². The van der Waals surface area contributed by atoms with Gasteiger partial charge in [-0.3, -0.25) is 9.98 Å². The largest absolute Gasteiger partial charge is 0.469 e. The van der Waals surface area contributed by atoms with Crippen LogP contribution in [0.5, 0.6) is 0 Å². The number of allylic oxidation sites excluding steroid dienone is 1. The first-order chi connectivity index (χ1) is 23.1. The summed E-state index contributed by atoms with van der Waals surface area (Å²) in [4.78, 5) is 23.7. The molecule has 7 heteroatoms. The van der Waals surface area contributed by atoms with Crippen molar-refractivity contribution < 1.29 is 9.47 Å². The summed E-state index contributed by atoms with van der Waals surface area (Å²) < 4.78 is 12.7. The number of hydrogen-bond donors (Lipinski definition) is 0. The molecule has 0 unspecified atom stereocenters. The van der Waals surface area contributed by atoms with Crippen LogP contribution < -0.4 is 0 Å². The van der Waals surface area contributed by atoms with Gasteiger partial charge in [0, 0.05) is 24.2 Å². The first kappa shape index (κ1) is 33.7. The summed E-state index contributed by atoms with van der Waals surface area (Å²) in [7, 11) is 0. The third-order valence-corrected chi connectivity index (χ3v) is 10.1. The SMILES string of the molecule is C=N/C=C(\C=C(/C)c1cc(-c2ccc(-c3ccccc3)cc2)cc(-c2cncc(C3=NC(C)(C)C(C)(C)O3)c2)n1)C1=NC(C)(C)C(C)(C)O1. The molecule has 250 valence electrons.